The van der Waals surface area contributed by atoms with Crippen LogP contribution in [-0.2, 0) is 4.74 Å². The summed E-state index contributed by atoms with van der Waals surface area (Å²) in [4.78, 5) is 24.3. The summed E-state index contributed by atoms with van der Waals surface area (Å²) in [5.41, 5.74) is 1.07. The van der Waals surface area contributed by atoms with Gasteiger partial charge in [0.2, 0.25) is 0 Å². The number of carbonyl (C=O) groups is 1. The number of methoxy groups -OCH3 is 1. The van der Waals surface area contributed by atoms with E-state index in [2.05, 4.69) is 25.6 Å². The van der Waals surface area contributed by atoms with Crippen LogP contribution < -0.4 is 10.6 Å². The lowest BCUT2D eigenvalue weighted by molar-refractivity contribution is 0.0949. The Morgan fingerprint density at radius 2 is 2.09 bits per heavy atom. The molecule has 2 rings (SSSR count). The van der Waals surface area contributed by atoms with E-state index in [0.717, 1.165) is 6.54 Å². The van der Waals surface area contributed by atoms with Gasteiger partial charge in [-0.05, 0) is 0 Å². The first-order chi connectivity index (χ1) is 10.3. The Kier molecular flexibility index (Phi) is 11.4. The molecule has 0 bridgehead atoms. The number of halogens is 2. The van der Waals surface area contributed by atoms with Crippen molar-refractivity contribution in [2.45, 2.75) is 0 Å². The summed E-state index contributed by atoms with van der Waals surface area (Å²) in [6, 6.07) is 0. The van der Waals surface area contributed by atoms with Crippen LogP contribution >= 0.6 is 36.2 Å². The Hall–Kier alpha value is -1.32. The molecule has 128 valence electrons. The van der Waals surface area contributed by atoms with Gasteiger partial charge in [-0.25, -0.2) is 4.98 Å². The second-order valence-corrected chi connectivity index (χ2v) is 4.99. The normalized spacial score (nSPS) is 9.61. The van der Waals surface area contributed by atoms with Gasteiger partial charge in [0.05, 0.1) is 12.8 Å². The quantitative estimate of drug-likeness (QED) is 0.674. The van der Waals surface area contributed by atoms with E-state index in [1.807, 2.05) is 0 Å². The van der Waals surface area contributed by atoms with Gasteiger partial charge < -0.3 is 15.4 Å². The van der Waals surface area contributed by atoms with Crippen molar-refractivity contribution in [1.82, 2.24) is 25.6 Å². The molecule has 10 heteroatoms. The molecule has 0 atom stereocenters. The predicted octanol–water partition coefficient (Wildman–Crippen LogP) is 1.41. The van der Waals surface area contributed by atoms with Crippen molar-refractivity contribution in [3.8, 4) is 10.7 Å². The summed E-state index contributed by atoms with van der Waals surface area (Å²) in [7, 11) is 1.65. The smallest absolute Gasteiger partial charge is 0.270 e. The molecule has 0 saturated carbocycles. The van der Waals surface area contributed by atoms with Gasteiger partial charge >= 0.3 is 0 Å². The number of amides is 1. The maximum atomic E-state index is 11.9. The third-order valence-corrected chi connectivity index (χ3v) is 3.45. The topological polar surface area (TPSA) is 89.0 Å². The van der Waals surface area contributed by atoms with Gasteiger partial charge in [0.25, 0.3) is 5.91 Å². The molecule has 0 spiro atoms. The molecule has 0 aliphatic rings. The molecule has 0 fully saturated rings. The van der Waals surface area contributed by atoms with Gasteiger partial charge in [-0.3, -0.25) is 14.8 Å². The van der Waals surface area contributed by atoms with E-state index in [1.165, 1.54) is 11.3 Å². The minimum atomic E-state index is -0.185. The first-order valence-corrected chi connectivity index (χ1v) is 7.39. The minimum Gasteiger partial charge on any atom is -0.383 e. The lowest BCUT2D eigenvalue weighted by Gasteiger charge is -2.04. The number of hydrogen-bond donors (Lipinski definition) is 2. The van der Waals surface area contributed by atoms with Crippen LogP contribution in [0.4, 0.5) is 0 Å². The summed E-state index contributed by atoms with van der Waals surface area (Å²) >= 11 is 1.37. The van der Waals surface area contributed by atoms with Crippen molar-refractivity contribution in [3.63, 3.8) is 0 Å². The molecular weight excluding hydrogens is 361 g/mol. The summed E-state index contributed by atoms with van der Waals surface area (Å²) in [5, 5.41) is 8.36. The van der Waals surface area contributed by atoms with Crippen LogP contribution in [0.3, 0.4) is 0 Å². The predicted molar refractivity (Wildman–Crippen MR) is 94.7 cm³/mol. The molecule has 0 aliphatic carbocycles. The van der Waals surface area contributed by atoms with Gasteiger partial charge in [-0.2, -0.15) is 0 Å². The maximum Gasteiger partial charge on any atom is 0.270 e. The van der Waals surface area contributed by atoms with Crippen molar-refractivity contribution in [2.24, 2.45) is 0 Å². The third kappa shape index (κ3) is 7.19. The molecule has 23 heavy (non-hydrogen) atoms. The second kappa shape index (κ2) is 12.1. The summed E-state index contributed by atoms with van der Waals surface area (Å²) in [5.74, 6) is -0.185. The van der Waals surface area contributed by atoms with Crippen LogP contribution in [0.25, 0.3) is 10.7 Å². The standard InChI is InChI=1S/C13H17N5O2S.2ClH/c1-20-7-6-14-2-5-17-12(19)11-9-21-13(18-11)10-8-15-3-4-16-10;;/h3-4,8-9,14H,2,5-7H2,1H3,(H,17,19);2*1H. The van der Waals surface area contributed by atoms with Crippen molar-refractivity contribution >= 4 is 42.1 Å². The molecule has 7 nitrogen and oxygen atoms in total. The number of nitrogens with one attached hydrogen (secondary N) is 2. The number of rotatable bonds is 8. The van der Waals surface area contributed by atoms with Crippen LogP contribution in [0.5, 0.6) is 0 Å². The highest BCUT2D eigenvalue weighted by molar-refractivity contribution is 7.13. The summed E-state index contributed by atoms with van der Waals surface area (Å²) in [6.07, 6.45) is 4.82. The largest absolute Gasteiger partial charge is 0.383 e. The number of nitrogens with zero attached hydrogens (tertiary/aromatic N) is 3. The van der Waals surface area contributed by atoms with Crippen molar-refractivity contribution < 1.29 is 9.53 Å². The first-order valence-electron chi connectivity index (χ1n) is 6.51. The van der Waals surface area contributed by atoms with Crippen LogP contribution in [0.1, 0.15) is 10.5 Å². The molecule has 0 radical (unpaired) electrons. The van der Waals surface area contributed by atoms with Crippen LogP contribution in [-0.4, -0.2) is 54.2 Å². The highest BCUT2D eigenvalue weighted by Crippen LogP contribution is 2.20. The Balaban J connectivity index is 0.00000242. The van der Waals surface area contributed by atoms with Crippen molar-refractivity contribution in [3.05, 3.63) is 29.7 Å². The Labute approximate surface area is 151 Å². The Morgan fingerprint density at radius 1 is 1.26 bits per heavy atom. The SMILES string of the molecule is COCCNCCNC(=O)c1csc(-c2cnccn2)n1.Cl.Cl. The molecule has 0 saturated heterocycles. The van der Waals surface area contributed by atoms with Gasteiger partial charge in [0, 0.05) is 44.5 Å². The summed E-state index contributed by atoms with van der Waals surface area (Å²) in [6.45, 7) is 2.65. The highest BCUT2D eigenvalue weighted by atomic mass is 35.5. The fourth-order valence-corrected chi connectivity index (χ4v) is 2.32. The number of thiazole rings is 1. The molecule has 2 aromatic rings. The van der Waals surface area contributed by atoms with Gasteiger partial charge in [-0.15, -0.1) is 36.2 Å². The van der Waals surface area contributed by atoms with Gasteiger partial charge in [0.15, 0.2) is 0 Å². The average molecular weight is 380 g/mol. The van der Waals surface area contributed by atoms with E-state index in [9.17, 15) is 4.79 Å². The maximum absolute atomic E-state index is 11.9. The number of aromatic nitrogens is 3. The molecule has 0 unspecified atom stereocenters. The average Bonchev–Trinajstić information content (AvgIpc) is 3.01. The first kappa shape index (κ1) is 21.7. The molecular formula is C13H19Cl2N5O2S. The molecule has 1 amide bonds. The zero-order valence-electron chi connectivity index (χ0n) is 12.5. The van der Waals surface area contributed by atoms with Crippen LogP contribution in [0, 0.1) is 0 Å². The monoisotopic (exact) mass is 379 g/mol. The van der Waals surface area contributed by atoms with E-state index in [4.69, 9.17) is 4.74 Å². The third-order valence-electron chi connectivity index (χ3n) is 2.59. The van der Waals surface area contributed by atoms with E-state index in [0.29, 0.717) is 36.1 Å². The lowest BCUT2D eigenvalue weighted by atomic mass is 10.4. The zero-order valence-corrected chi connectivity index (χ0v) is 15.0. The Morgan fingerprint density at radius 3 is 2.78 bits per heavy atom. The molecule has 0 aromatic carbocycles. The van der Waals surface area contributed by atoms with Gasteiger partial charge in [0.1, 0.15) is 16.4 Å². The number of carbonyl (C=O) groups excluding carboxylic acids is 1. The fourth-order valence-electron chi connectivity index (χ4n) is 1.56. The Bertz CT molecular complexity index is 571. The van der Waals surface area contributed by atoms with E-state index in [-0.39, 0.29) is 30.7 Å². The lowest BCUT2D eigenvalue weighted by Crippen LogP contribution is -2.33. The van der Waals surface area contributed by atoms with Crippen molar-refractivity contribution in [2.75, 3.05) is 33.4 Å². The minimum absolute atomic E-state index is 0. The highest BCUT2D eigenvalue weighted by Gasteiger charge is 2.11. The van der Waals surface area contributed by atoms with Crippen LogP contribution in [0.15, 0.2) is 24.0 Å². The van der Waals surface area contributed by atoms with Crippen molar-refractivity contribution in [1.29, 1.82) is 0 Å². The van der Waals surface area contributed by atoms with Gasteiger partial charge in [-0.1, -0.05) is 0 Å². The molecule has 0 aliphatic heterocycles. The van der Waals surface area contributed by atoms with E-state index < -0.39 is 0 Å². The molecule has 2 N–H and O–H groups in total. The number of hydrogen-bond acceptors (Lipinski definition) is 7. The number of ether oxygens (including phenoxy) is 1. The summed E-state index contributed by atoms with van der Waals surface area (Å²) < 4.78 is 4.91. The van der Waals surface area contributed by atoms with Crippen LogP contribution in [0.2, 0.25) is 0 Å². The molecule has 2 heterocycles. The fraction of sp³-hybridized carbons (Fsp3) is 0.385. The van der Waals surface area contributed by atoms with E-state index in [1.54, 1.807) is 31.1 Å². The molecule has 2 aromatic heterocycles. The zero-order chi connectivity index (χ0) is 14.9. The second-order valence-electron chi connectivity index (χ2n) is 4.13. The van der Waals surface area contributed by atoms with E-state index >= 15 is 0 Å².